The first-order valence-electron chi connectivity index (χ1n) is 5.39. The highest BCUT2D eigenvalue weighted by Gasteiger charge is 2.22. The van der Waals surface area contributed by atoms with Crippen LogP contribution in [0.15, 0.2) is 18.2 Å². The van der Waals surface area contributed by atoms with Gasteiger partial charge in [-0.3, -0.25) is 9.59 Å². The van der Waals surface area contributed by atoms with Crippen molar-refractivity contribution in [1.82, 2.24) is 0 Å². The SMILES string of the molecule is O=C(O)C[C@@H](Cc1ccc2c(c1)OCO2)C(=O)O. The molecule has 0 radical (unpaired) electrons. The Labute approximate surface area is 103 Å². The number of aliphatic carboxylic acids is 2. The second kappa shape index (κ2) is 4.95. The Bertz CT molecular complexity index is 481. The number of rotatable bonds is 5. The third-order valence-electron chi connectivity index (χ3n) is 2.69. The molecule has 0 amide bonds. The van der Waals surface area contributed by atoms with Crippen molar-refractivity contribution in [3.05, 3.63) is 23.8 Å². The summed E-state index contributed by atoms with van der Waals surface area (Å²) in [5, 5.41) is 17.6. The van der Waals surface area contributed by atoms with Gasteiger partial charge in [0.2, 0.25) is 6.79 Å². The molecule has 0 fully saturated rings. The molecule has 96 valence electrons. The average Bonchev–Trinajstić information content (AvgIpc) is 2.74. The number of fused-ring (bicyclic) bond motifs is 1. The molecule has 0 spiro atoms. The lowest BCUT2D eigenvalue weighted by Gasteiger charge is -2.10. The van der Waals surface area contributed by atoms with Crippen molar-refractivity contribution in [3.8, 4) is 11.5 Å². The summed E-state index contributed by atoms with van der Waals surface area (Å²) in [6, 6.07) is 5.09. The molecule has 1 aliphatic rings. The van der Waals surface area contributed by atoms with E-state index in [9.17, 15) is 9.59 Å². The Morgan fingerprint density at radius 1 is 1.22 bits per heavy atom. The summed E-state index contributed by atoms with van der Waals surface area (Å²) in [7, 11) is 0. The summed E-state index contributed by atoms with van der Waals surface area (Å²) in [4.78, 5) is 21.5. The van der Waals surface area contributed by atoms with E-state index in [1.807, 2.05) is 0 Å². The molecule has 2 rings (SSSR count). The zero-order valence-electron chi connectivity index (χ0n) is 9.46. The zero-order valence-corrected chi connectivity index (χ0v) is 9.46. The van der Waals surface area contributed by atoms with Crippen LogP contribution in [0, 0.1) is 5.92 Å². The fourth-order valence-electron chi connectivity index (χ4n) is 1.81. The number of hydrogen-bond donors (Lipinski definition) is 2. The standard InChI is InChI=1S/C12H12O6/c13-11(14)5-8(12(15)16)3-7-1-2-9-10(4-7)18-6-17-9/h1-2,4,8H,3,5-6H2,(H,13,14)(H,15,16)/t8-/m1/s1. The van der Waals surface area contributed by atoms with Crippen LogP contribution in [0.4, 0.5) is 0 Å². The lowest BCUT2D eigenvalue weighted by atomic mass is 9.96. The molecule has 1 aromatic rings. The van der Waals surface area contributed by atoms with E-state index in [2.05, 4.69) is 0 Å². The summed E-state index contributed by atoms with van der Waals surface area (Å²) in [6.07, 6.45) is -0.248. The van der Waals surface area contributed by atoms with E-state index in [0.29, 0.717) is 17.1 Å². The molecule has 1 heterocycles. The summed E-state index contributed by atoms with van der Waals surface area (Å²) in [5.41, 5.74) is 0.716. The first kappa shape index (κ1) is 12.2. The molecular weight excluding hydrogens is 240 g/mol. The molecule has 0 aromatic heterocycles. The van der Waals surface area contributed by atoms with Gasteiger partial charge >= 0.3 is 11.9 Å². The predicted octanol–water partition coefficient (Wildman–Crippen LogP) is 1.13. The van der Waals surface area contributed by atoms with Gasteiger partial charge in [0.25, 0.3) is 0 Å². The Hall–Kier alpha value is -2.24. The van der Waals surface area contributed by atoms with Crippen molar-refractivity contribution in [2.45, 2.75) is 12.8 Å². The van der Waals surface area contributed by atoms with Crippen molar-refractivity contribution in [1.29, 1.82) is 0 Å². The Balaban J connectivity index is 2.11. The van der Waals surface area contributed by atoms with Crippen LogP contribution >= 0.6 is 0 Å². The van der Waals surface area contributed by atoms with Crippen molar-refractivity contribution >= 4 is 11.9 Å². The third-order valence-corrected chi connectivity index (χ3v) is 2.69. The van der Waals surface area contributed by atoms with Crippen LogP contribution in [0.25, 0.3) is 0 Å². The van der Waals surface area contributed by atoms with E-state index in [1.54, 1.807) is 18.2 Å². The first-order chi connectivity index (χ1) is 8.56. The van der Waals surface area contributed by atoms with Crippen molar-refractivity contribution in [2.24, 2.45) is 5.92 Å². The minimum absolute atomic E-state index is 0.149. The molecule has 18 heavy (non-hydrogen) atoms. The van der Waals surface area contributed by atoms with Crippen LogP contribution in [-0.4, -0.2) is 28.9 Å². The molecule has 1 atom stereocenters. The van der Waals surface area contributed by atoms with Crippen LogP contribution in [0.5, 0.6) is 11.5 Å². The van der Waals surface area contributed by atoms with Gasteiger partial charge in [-0.2, -0.15) is 0 Å². The topological polar surface area (TPSA) is 93.1 Å². The Morgan fingerprint density at radius 2 is 1.94 bits per heavy atom. The minimum atomic E-state index is -1.12. The maximum atomic E-state index is 11.0. The van der Waals surface area contributed by atoms with Crippen LogP contribution in [0.1, 0.15) is 12.0 Å². The van der Waals surface area contributed by atoms with Gasteiger partial charge in [0.15, 0.2) is 11.5 Å². The summed E-state index contributed by atoms with van der Waals surface area (Å²) < 4.78 is 10.3. The summed E-state index contributed by atoms with van der Waals surface area (Å²) in [6.45, 7) is 0.149. The highest BCUT2D eigenvalue weighted by Crippen LogP contribution is 2.33. The van der Waals surface area contributed by atoms with Gasteiger partial charge in [-0.05, 0) is 24.1 Å². The average molecular weight is 252 g/mol. The van der Waals surface area contributed by atoms with E-state index in [4.69, 9.17) is 19.7 Å². The predicted molar refractivity (Wildman–Crippen MR) is 59.6 cm³/mol. The second-order valence-electron chi connectivity index (χ2n) is 4.02. The van der Waals surface area contributed by atoms with E-state index in [0.717, 1.165) is 0 Å². The van der Waals surface area contributed by atoms with Gasteiger partial charge in [0, 0.05) is 0 Å². The van der Waals surface area contributed by atoms with Crippen molar-refractivity contribution < 1.29 is 29.3 Å². The summed E-state index contributed by atoms with van der Waals surface area (Å²) >= 11 is 0. The molecule has 0 saturated carbocycles. The van der Waals surface area contributed by atoms with Gasteiger partial charge in [-0.25, -0.2) is 0 Å². The second-order valence-corrected chi connectivity index (χ2v) is 4.02. The molecule has 6 heteroatoms. The van der Waals surface area contributed by atoms with Gasteiger partial charge in [0.1, 0.15) is 0 Å². The molecule has 1 aromatic carbocycles. The van der Waals surface area contributed by atoms with Gasteiger partial charge in [-0.15, -0.1) is 0 Å². The monoisotopic (exact) mass is 252 g/mol. The normalized spacial score (nSPS) is 14.2. The zero-order chi connectivity index (χ0) is 13.1. The van der Waals surface area contributed by atoms with Crippen LogP contribution in [0.3, 0.4) is 0 Å². The summed E-state index contributed by atoms with van der Waals surface area (Å²) in [5.74, 6) is -2.00. The minimum Gasteiger partial charge on any atom is -0.481 e. The van der Waals surface area contributed by atoms with Crippen molar-refractivity contribution in [2.75, 3.05) is 6.79 Å². The molecular formula is C12H12O6. The molecule has 0 unspecified atom stereocenters. The van der Waals surface area contributed by atoms with Crippen molar-refractivity contribution in [3.63, 3.8) is 0 Å². The fourth-order valence-corrected chi connectivity index (χ4v) is 1.81. The molecule has 6 nitrogen and oxygen atoms in total. The van der Waals surface area contributed by atoms with E-state index >= 15 is 0 Å². The van der Waals surface area contributed by atoms with Gasteiger partial charge in [-0.1, -0.05) is 6.07 Å². The van der Waals surface area contributed by atoms with Gasteiger partial charge in [0.05, 0.1) is 12.3 Å². The quantitative estimate of drug-likeness (QED) is 0.816. The number of hydrogen-bond acceptors (Lipinski definition) is 4. The Morgan fingerprint density at radius 3 is 2.61 bits per heavy atom. The Kier molecular flexibility index (Phi) is 3.36. The smallest absolute Gasteiger partial charge is 0.307 e. The highest BCUT2D eigenvalue weighted by molar-refractivity contribution is 5.78. The maximum Gasteiger partial charge on any atom is 0.307 e. The van der Waals surface area contributed by atoms with E-state index < -0.39 is 24.3 Å². The highest BCUT2D eigenvalue weighted by atomic mass is 16.7. The first-order valence-corrected chi connectivity index (χ1v) is 5.39. The number of carboxylic acids is 2. The largest absolute Gasteiger partial charge is 0.481 e. The van der Waals surface area contributed by atoms with Crippen LogP contribution in [0.2, 0.25) is 0 Å². The van der Waals surface area contributed by atoms with Crippen LogP contribution < -0.4 is 9.47 Å². The van der Waals surface area contributed by atoms with E-state index in [-0.39, 0.29) is 13.2 Å². The molecule has 2 N–H and O–H groups in total. The third kappa shape index (κ3) is 2.71. The molecule has 0 aliphatic carbocycles. The molecule has 0 saturated heterocycles. The van der Waals surface area contributed by atoms with E-state index in [1.165, 1.54) is 0 Å². The van der Waals surface area contributed by atoms with Gasteiger partial charge < -0.3 is 19.7 Å². The number of benzene rings is 1. The fraction of sp³-hybridized carbons (Fsp3) is 0.333. The number of carbonyl (C=O) groups is 2. The van der Waals surface area contributed by atoms with Crippen LogP contribution in [-0.2, 0) is 16.0 Å². The lowest BCUT2D eigenvalue weighted by Crippen LogP contribution is -2.20. The number of ether oxygens (including phenoxy) is 2. The molecule has 1 aliphatic heterocycles. The maximum absolute atomic E-state index is 11.0. The lowest BCUT2D eigenvalue weighted by molar-refractivity contribution is -0.148. The molecule has 0 bridgehead atoms. The number of carboxylic acid groups (broad SMARTS) is 2.